The van der Waals surface area contributed by atoms with Gasteiger partial charge in [-0.15, -0.1) is 10.2 Å². The van der Waals surface area contributed by atoms with Gasteiger partial charge < -0.3 is 15.7 Å². The normalized spacial score (nSPS) is 14.7. The standard InChI is InChI=1S/C17H16N4O/c22-16-8-12-4-2-1-3-11(12)7-14(16)15-5-6-17(21-20-15)19-13-9-18-10-13/h1-8,13,18,22H,9-10H2,(H,19,21). The summed E-state index contributed by atoms with van der Waals surface area (Å²) in [7, 11) is 0. The maximum atomic E-state index is 10.2. The number of phenolic OH excluding ortho intramolecular Hbond substituents is 1. The van der Waals surface area contributed by atoms with Crippen molar-refractivity contribution in [1.29, 1.82) is 0 Å². The van der Waals surface area contributed by atoms with E-state index in [2.05, 4.69) is 20.8 Å². The summed E-state index contributed by atoms with van der Waals surface area (Å²) in [6.07, 6.45) is 0. The van der Waals surface area contributed by atoms with Crippen LogP contribution >= 0.6 is 0 Å². The summed E-state index contributed by atoms with van der Waals surface area (Å²) >= 11 is 0. The molecule has 4 rings (SSSR count). The van der Waals surface area contributed by atoms with E-state index in [9.17, 15) is 5.11 Å². The van der Waals surface area contributed by atoms with Crippen LogP contribution in [0.3, 0.4) is 0 Å². The van der Waals surface area contributed by atoms with Crippen LogP contribution in [0, 0.1) is 0 Å². The Morgan fingerprint density at radius 1 is 1.00 bits per heavy atom. The van der Waals surface area contributed by atoms with Crippen LogP contribution in [0.25, 0.3) is 22.0 Å². The van der Waals surface area contributed by atoms with Crippen molar-refractivity contribution in [2.45, 2.75) is 6.04 Å². The highest BCUT2D eigenvalue weighted by Gasteiger charge is 2.16. The highest BCUT2D eigenvalue weighted by Crippen LogP contribution is 2.32. The fraction of sp³-hybridized carbons (Fsp3) is 0.176. The van der Waals surface area contributed by atoms with Gasteiger partial charge >= 0.3 is 0 Å². The molecule has 0 unspecified atom stereocenters. The first-order valence-corrected chi connectivity index (χ1v) is 7.33. The minimum Gasteiger partial charge on any atom is -0.507 e. The van der Waals surface area contributed by atoms with Gasteiger partial charge in [0.1, 0.15) is 11.6 Å². The van der Waals surface area contributed by atoms with Crippen molar-refractivity contribution in [3.63, 3.8) is 0 Å². The van der Waals surface area contributed by atoms with E-state index < -0.39 is 0 Å². The number of hydrogen-bond acceptors (Lipinski definition) is 5. The van der Waals surface area contributed by atoms with Crippen molar-refractivity contribution in [2.24, 2.45) is 0 Å². The molecule has 110 valence electrons. The van der Waals surface area contributed by atoms with Crippen LogP contribution in [0.4, 0.5) is 5.82 Å². The van der Waals surface area contributed by atoms with Gasteiger partial charge in [0.05, 0.1) is 11.7 Å². The summed E-state index contributed by atoms with van der Waals surface area (Å²) in [4.78, 5) is 0. The van der Waals surface area contributed by atoms with Gasteiger partial charge in [-0.25, -0.2) is 0 Å². The van der Waals surface area contributed by atoms with E-state index in [0.717, 1.165) is 29.7 Å². The molecule has 0 amide bonds. The van der Waals surface area contributed by atoms with Crippen LogP contribution in [0.1, 0.15) is 0 Å². The Morgan fingerprint density at radius 3 is 2.41 bits per heavy atom. The molecule has 1 saturated heterocycles. The average Bonchev–Trinajstić information content (AvgIpc) is 2.51. The Bertz CT molecular complexity index is 813. The molecule has 2 aromatic carbocycles. The molecule has 3 N–H and O–H groups in total. The van der Waals surface area contributed by atoms with E-state index in [1.54, 1.807) is 6.07 Å². The molecular formula is C17H16N4O. The molecule has 0 saturated carbocycles. The number of hydrogen-bond donors (Lipinski definition) is 3. The van der Waals surface area contributed by atoms with Gasteiger partial charge in [0, 0.05) is 18.7 Å². The second-order valence-corrected chi connectivity index (χ2v) is 5.52. The minimum absolute atomic E-state index is 0.219. The van der Waals surface area contributed by atoms with Crippen molar-refractivity contribution >= 4 is 16.6 Å². The highest BCUT2D eigenvalue weighted by atomic mass is 16.3. The molecule has 2 heterocycles. The number of nitrogens with one attached hydrogen (secondary N) is 2. The summed E-state index contributed by atoms with van der Waals surface area (Å²) < 4.78 is 0. The molecule has 0 bridgehead atoms. The van der Waals surface area contributed by atoms with Gasteiger partial charge in [-0.1, -0.05) is 24.3 Å². The Labute approximate surface area is 128 Å². The first-order valence-electron chi connectivity index (χ1n) is 7.33. The number of anilines is 1. The highest BCUT2D eigenvalue weighted by molar-refractivity contribution is 5.89. The van der Waals surface area contributed by atoms with Crippen LogP contribution in [0.5, 0.6) is 5.75 Å². The van der Waals surface area contributed by atoms with E-state index in [0.29, 0.717) is 17.3 Å². The second-order valence-electron chi connectivity index (χ2n) is 5.52. The fourth-order valence-corrected chi connectivity index (χ4v) is 2.59. The summed E-state index contributed by atoms with van der Waals surface area (Å²) in [5.41, 5.74) is 1.36. The number of benzene rings is 2. The molecule has 0 aliphatic carbocycles. The van der Waals surface area contributed by atoms with Gasteiger partial charge in [-0.05, 0) is 35.0 Å². The van der Waals surface area contributed by atoms with E-state index in [4.69, 9.17) is 0 Å². The molecule has 0 spiro atoms. The molecule has 0 radical (unpaired) electrons. The second kappa shape index (κ2) is 5.27. The number of fused-ring (bicyclic) bond motifs is 1. The van der Waals surface area contributed by atoms with Gasteiger partial charge in [0.15, 0.2) is 0 Å². The van der Waals surface area contributed by atoms with E-state index in [-0.39, 0.29) is 5.75 Å². The lowest BCUT2D eigenvalue weighted by Crippen LogP contribution is -2.51. The maximum absolute atomic E-state index is 10.2. The monoisotopic (exact) mass is 292 g/mol. The Kier molecular flexibility index (Phi) is 3.12. The zero-order valence-electron chi connectivity index (χ0n) is 12.0. The largest absolute Gasteiger partial charge is 0.507 e. The Balaban J connectivity index is 1.67. The van der Waals surface area contributed by atoms with E-state index in [1.165, 1.54) is 0 Å². The summed E-state index contributed by atoms with van der Waals surface area (Å²) in [5.74, 6) is 0.979. The lowest BCUT2D eigenvalue weighted by Gasteiger charge is -2.28. The first kappa shape index (κ1) is 13.0. The topological polar surface area (TPSA) is 70.1 Å². The number of aromatic nitrogens is 2. The summed E-state index contributed by atoms with van der Waals surface area (Å²) in [6, 6.07) is 15.8. The average molecular weight is 292 g/mol. The van der Waals surface area contributed by atoms with Crippen LogP contribution < -0.4 is 10.6 Å². The number of phenols is 1. The third-order valence-corrected chi connectivity index (χ3v) is 3.94. The molecule has 1 aliphatic heterocycles. The number of nitrogens with zero attached hydrogens (tertiary/aromatic N) is 2. The number of aromatic hydroxyl groups is 1. The smallest absolute Gasteiger partial charge is 0.148 e. The quantitative estimate of drug-likeness (QED) is 0.691. The Hall–Kier alpha value is -2.66. The van der Waals surface area contributed by atoms with Gasteiger partial charge in [0.25, 0.3) is 0 Å². The lowest BCUT2D eigenvalue weighted by atomic mass is 10.0. The van der Waals surface area contributed by atoms with Gasteiger partial charge in [0.2, 0.25) is 0 Å². The van der Waals surface area contributed by atoms with Crippen LogP contribution in [-0.2, 0) is 0 Å². The SMILES string of the molecule is Oc1cc2ccccc2cc1-c1ccc(NC2CNC2)nn1. The number of rotatable bonds is 3. The van der Waals surface area contributed by atoms with E-state index >= 15 is 0 Å². The lowest BCUT2D eigenvalue weighted by molar-refractivity contribution is 0.470. The zero-order valence-corrected chi connectivity index (χ0v) is 12.0. The van der Waals surface area contributed by atoms with Crippen LogP contribution in [0.2, 0.25) is 0 Å². The maximum Gasteiger partial charge on any atom is 0.148 e. The summed E-state index contributed by atoms with van der Waals surface area (Å²) in [5, 5.41) is 27.2. The molecule has 5 nitrogen and oxygen atoms in total. The fourth-order valence-electron chi connectivity index (χ4n) is 2.59. The zero-order chi connectivity index (χ0) is 14.9. The van der Waals surface area contributed by atoms with Crippen molar-refractivity contribution < 1.29 is 5.11 Å². The van der Waals surface area contributed by atoms with Gasteiger partial charge in [-0.2, -0.15) is 0 Å². The van der Waals surface area contributed by atoms with Crippen molar-refractivity contribution in [1.82, 2.24) is 15.5 Å². The van der Waals surface area contributed by atoms with Crippen molar-refractivity contribution in [3.8, 4) is 17.0 Å². The molecule has 1 aromatic heterocycles. The third kappa shape index (κ3) is 2.35. The molecular weight excluding hydrogens is 276 g/mol. The van der Waals surface area contributed by atoms with Crippen molar-refractivity contribution in [3.05, 3.63) is 48.5 Å². The molecule has 5 heteroatoms. The van der Waals surface area contributed by atoms with E-state index in [1.807, 2.05) is 42.5 Å². The Morgan fingerprint density at radius 2 is 1.77 bits per heavy atom. The van der Waals surface area contributed by atoms with Gasteiger partial charge in [-0.3, -0.25) is 0 Å². The van der Waals surface area contributed by atoms with Crippen LogP contribution in [0.15, 0.2) is 48.5 Å². The predicted octanol–water partition coefficient (Wildman–Crippen LogP) is 2.39. The molecule has 0 atom stereocenters. The molecule has 3 aromatic rings. The van der Waals surface area contributed by atoms with Crippen molar-refractivity contribution in [2.75, 3.05) is 18.4 Å². The minimum atomic E-state index is 0.219. The predicted molar refractivity (Wildman–Crippen MR) is 86.9 cm³/mol. The third-order valence-electron chi connectivity index (χ3n) is 3.94. The molecule has 1 aliphatic rings. The summed E-state index contributed by atoms with van der Waals surface area (Å²) in [6.45, 7) is 1.91. The first-order chi connectivity index (χ1) is 10.8. The van der Waals surface area contributed by atoms with Crippen LogP contribution in [-0.4, -0.2) is 34.4 Å². The molecule has 1 fully saturated rings. The molecule has 22 heavy (non-hydrogen) atoms.